The summed E-state index contributed by atoms with van der Waals surface area (Å²) in [6.45, 7) is 0.245. The van der Waals surface area contributed by atoms with Crippen molar-refractivity contribution in [3.8, 4) is 5.75 Å². The fourth-order valence-electron chi connectivity index (χ4n) is 2.42. The number of rotatable bonds is 6. The van der Waals surface area contributed by atoms with Crippen molar-refractivity contribution in [3.63, 3.8) is 0 Å². The Morgan fingerprint density at radius 1 is 1.35 bits per heavy atom. The number of aryl methyl sites for hydroxylation is 1. The van der Waals surface area contributed by atoms with Gasteiger partial charge in [0.15, 0.2) is 17.2 Å². The standard InChI is InChI=1S/C17H18FN5O3/c1-21(7-8-26-14-6-4-3-5-13(14)18)15(24)10-23-11-19-16-12(17(23)25)9-20-22(16)2/h3-6,9,11H,7-8,10H2,1-2H3. The lowest BCUT2D eigenvalue weighted by atomic mass is 10.3. The molecule has 9 heteroatoms. The number of aromatic nitrogens is 4. The average molecular weight is 359 g/mol. The molecule has 3 aromatic rings. The Morgan fingerprint density at radius 2 is 2.12 bits per heavy atom. The van der Waals surface area contributed by atoms with Crippen molar-refractivity contribution in [2.24, 2.45) is 7.05 Å². The van der Waals surface area contributed by atoms with Crippen molar-refractivity contribution >= 4 is 16.9 Å². The van der Waals surface area contributed by atoms with Crippen LogP contribution in [-0.4, -0.2) is 50.3 Å². The summed E-state index contributed by atoms with van der Waals surface area (Å²) < 4.78 is 21.5. The molecule has 0 spiro atoms. The van der Waals surface area contributed by atoms with Crippen LogP contribution in [0.25, 0.3) is 11.0 Å². The van der Waals surface area contributed by atoms with Gasteiger partial charge in [-0.2, -0.15) is 5.10 Å². The summed E-state index contributed by atoms with van der Waals surface area (Å²) in [6, 6.07) is 6.06. The van der Waals surface area contributed by atoms with Crippen LogP contribution in [0.1, 0.15) is 0 Å². The molecule has 2 aromatic heterocycles. The molecule has 0 bridgehead atoms. The van der Waals surface area contributed by atoms with Gasteiger partial charge >= 0.3 is 0 Å². The van der Waals surface area contributed by atoms with Crippen LogP contribution in [0, 0.1) is 5.82 Å². The third-order valence-electron chi connectivity index (χ3n) is 3.97. The fraction of sp³-hybridized carbons (Fsp3) is 0.294. The van der Waals surface area contributed by atoms with Crippen molar-refractivity contribution in [2.45, 2.75) is 6.54 Å². The maximum Gasteiger partial charge on any atom is 0.264 e. The number of halogens is 1. The maximum absolute atomic E-state index is 13.5. The molecular formula is C17H18FN5O3. The normalized spacial score (nSPS) is 10.9. The molecule has 0 aliphatic rings. The highest BCUT2D eigenvalue weighted by Crippen LogP contribution is 2.15. The smallest absolute Gasteiger partial charge is 0.264 e. The molecule has 0 aliphatic heterocycles. The quantitative estimate of drug-likeness (QED) is 0.650. The summed E-state index contributed by atoms with van der Waals surface area (Å²) in [5, 5.41) is 4.34. The number of carbonyl (C=O) groups is 1. The minimum Gasteiger partial charge on any atom is -0.489 e. The van der Waals surface area contributed by atoms with Gasteiger partial charge in [0.1, 0.15) is 24.9 Å². The van der Waals surface area contributed by atoms with Crippen molar-refractivity contribution in [2.75, 3.05) is 20.2 Å². The fourth-order valence-corrected chi connectivity index (χ4v) is 2.42. The first kappa shape index (κ1) is 17.6. The minimum absolute atomic E-state index is 0.135. The lowest BCUT2D eigenvalue weighted by Gasteiger charge is -2.18. The molecule has 0 aliphatic carbocycles. The van der Waals surface area contributed by atoms with Crippen molar-refractivity contribution in [1.29, 1.82) is 0 Å². The molecule has 2 heterocycles. The Kier molecular flexibility index (Phi) is 4.97. The molecule has 0 unspecified atom stereocenters. The summed E-state index contributed by atoms with van der Waals surface area (Å²) in [4.78, 5) is 30.2. The molecule has 0 radical (unpaired) electrons. The number of hydrogen-bond donors (Lipinski definition) is 0. The molecule has 0 N–H and O–H groups in total. The van der Waals surface area contributed by atoms with Gasteiger partial charge < -0.3 is 9.64 Å². The Labute approximate surface area is 148 Å². The molecule has 3 rings (SSSR count). The van der Waals surface area contributed by atoms with E-state index in [9.17, 15) is 14.0 Å². The molecule has 0 saturated carbocycles. The van der Waals surface area contributed by atoms with Gasteiger partial charge in [-0.1, -0.05) is 12.1 Å². The molecule has 1 aromatic carbocycles. The number of fused-ring (bicyclic) bond motifs is 1. The summed E-state index contributed by atoms with van der Waals surface area (Å²) in [6.07, 6.45) is 2.76. The Morgan fingerprint density at radius 3 is 2.88 bits per heavy atom. The lowest BCUT2D eigenvalue weighted by Crippen LogP contribution is -2.36. The van der Waals surface area contributed by atoms with E-state index >= 15 is 0 Å². The zero-order valence-corrected chi connectivity index (χ0v) is 14.4. The largest absolute Gasteiger partial charge is 0.489 e. The minimum atomic E-state index is -0.455. The highest BCUT2D eigenvalue weighted by molar-refractivity contribution is 5.77. The second-order valence-electron chi connectivity index (χ2n) is 5.78. The summed E-state index contributed by atoms with van der Waals surface area (Å²) in [5.74, 6) is -0.603. The van der Waals surface area contributed by atoms with E-state index in [2.05, 4.69) is 10.1 Å². The number of carbonyl (C=O) groups excluding carboxylic acids is 1. The predicted octanol–water partition coefficient (Wildman–Crippen LogP) is 0.806. The second-order valence-corrected chi connectivity index (χ2v) is 5.78. The second kappa shape index (κ2) is 7.34. The van der Waals surface area contributed by atoms with Gasteiger partial charge in [0.05, 0.1) is 12.7 Å². The Balaban J connectivity index is 1.60. The van der Waals surface area contributed by atoms with E-state index in [1.807, 2.05) is 0 Å². The number of para-hydroxylation sites is 1. The van der Waals surface area contributed by atoms with Crippen LogP contribution in [0.3, 0.4) is 0 Å². The van der Waals surface area contributed by atoms with Crippen molar-refractivity contribution < 1.29 is 13.9 Å². The molecule has 136 valence electrons. The average Bonchev–Trinajstić information content (AvgIpc) is 3.00. The van der Waals surface area contributed by atoms with Crippen LogP contribution >= 0.6 is 0 Å². The number of hydrogen-bond acceptors (Lipinski definition) is 5. The van der Waals surface area contributed by atoms with E-state index in [0.717, 1.165) is 0 Å². The predicted molar refractivity (Wildman–Crippen MR) is 92.3 cm³/mol. The van der Waals surface area contributed by atoms with E-state index in [4.69, 9.17) is 4.74 Å². The van der Waals surface area contributed by atoms with Crippen LogP contribution in [0.15, 0.2) is 41.6 Å². The zero-order chi connectivity index (χ0) is 18.7. The maximum atomic E-state index is 13.5. The Bertz CT molecular complexity index is 997. The first-order valence-corrected chi connectivity index (χ1v) is 7.96. The van der Waals surface area contributed by atoms with Crippen LogP contribution in [0.4, 0.5) is 4.39 Å². The molecule has 26 heavy (non-hydrogen) atoms. The van der Waals surface area contributed by atoms with Gasteiger partial charge in [0.25, 0.3) is 5.56 Å². The van der Waals surface area contributed by atoms with Crippen molar-refractivity contribution in [1.82, 2.24) is 24.2 Å². The van der Waals surface area contributed by atoms with Crippen molar-refractivity contribution in [3.05, 3.63) is 53.0 Å². The SMILES string of the molecule is CN(CCOc1ccccc1F)C(=O)Cn1cnc2c(cnn2C)c1=O. The van der Waals surface area contributed by atoms with E-state index in [1.165, 1.54) is 38.8 Å². The number of nitrogens with zero attached hydrogens (tertiary/aromatic N) is 5. The van der Waals surface area contributed by atoms with Gasteiger partial charge in [-0.3, -0.25) is 18.8 Å². The van der Waals surface area contributed by atoms with E-state index in [-0.39, 0.29) is 36.9 Å². The van der Waals surface area contributed by atoms with Gasteiger partial charge in [-0.25, -0.2) is 9.37 Å². The lowest BCUT2D eigenvalue weighted by molar-refractivity contribution is -0.130. The summed E-state index contributed by atoms with van der Waals surface area (Å²) >= 11 is 0. The topological polar surface area (TPSA) is 82.2 Å². The van der Waals surface area contributed by atoms with Gasteiger partial charge in [0, 0.05) is 14.1 Å². The van der Waals surface area contributed by atoms with Crippen LogP contribution < -0.4 is 10.3 Å². The summed E-state index contributed by atoms with van der Waals surface area (Å²) in [5.41, 5.74) is 0.137. The first-order chi connectivity index (χ1) is 12.5. The molecule has 0 saturated heterocycles. The number of benzene rings is 1. The van der Waals surface area contributed by atoms with Crippen LogP contribution in [0.2, 0.25) is 0 Å². The number of ether oxygens (including phenoxy) is 1. The molecule has 0 atom stereocenters. The monoisotopic (exact) mass is 359 g/mol. The van der Waals surface area contributed by atoms with E-state index in [0.29, 0.717) is 11.0 Å². The van der Waals surface area contributed by atoms with Gasteiger partial charge in [0.2, 0.25) is 5.91 Å². The van der Waals surface area contributed by atoms with Gasteiger partial charge in [-0.05, 0) is 12.1 Å². The summed E-state index contributed by atoms with van der Waals surface area (Å²) in [7, 11) is 3.28. The number of amides is 1. The van der Waals surface area contributed by atoms with Crippen LogP contribution in [-0.2, 0) is 18.4 Å². The Hall–Kier alpha value is -3.23. The van der Waals surface area contributed by atoms with E-state index in [1.54, 1.807) is 26.2 Å². The first-order valence-electron chi connectivity index (χ1n) is 7.96. The molecular weight excluding hydrogens is 341 g/mol. The van der Waals surface area contributed by atoms with E-state index < -0.39 is 5.82 Å². The van der Waals surface area contributed by atoms with Crippen LogP contribution in [0.5, 0.6) is 5.75 Å². The molecule has 1 amide bonds. The number of likely N-dealkylation sites (N-methyl/N-ethyl adjacent to an activating group) is 1. The van der Waals surface area contributed by atoms with Gasteiger partial charge in [-0.15, -0.1) is 0 Å². The highest BCUT2D eigenvalue weighted by Gasteiger charge is 2.14. The third kappa shape index (κ3) is 3.56. The highest BCUT2D eigenvalue weighted by atomic mass is 19.1. The molecule has 8 nitrogen and oxygen atoms in total. The third-order valence-corrected chi connectivity index (χ3v) is 3.97. The molecule has 0 fully saturated rings. The zero-order valence-electron chi connectivity index (χ0n) is 14.4.